The van der Waals surface area contributed by atoms with E-state index in [2.05, 4.69) is 49.3 Å². The highest BCUT2D eigenvalue weighted by Gasteiger charge is 2.26. The quantitative estimate of drug-likeness (QED) is 0.653. The van der Waals surface area contributed by atoms with Crippen LogP contribution in [0.25, 0.3) is 0 Å². The average molecular weight is 418 g/mol. The van der Waals surface area contributed by atoms with Gasteiger partial charge in [-0.3, -0.25) is 4.79 Å². The molecule has 3 rings (SSSR count). The van der Waals surface area contributed by atoms with Gasteiger partial charge in [-0.1, -0.05) is 37.3 Å². The number of ether oxygens (including phenoxy) is 1. The first-order valence-corrected chi connectivity index (χ1v) is 11.0. The highest BCUT2D eigenvalue weighted by Crippen LogP contribution is 2.27. The molecule has 1 aliphatic carbocycles. The zero-order valence-electron chi connectivity index (χ0n) is 19.6. The maximum Gasteiger partial charge on any atom is 0.410 e. The number of carbonyl (C=O) groups excluding carboxylic acids is 2. The maximum absolute atomic E-state index is 11.6. The summed E-state index contributed by atoms with van der Waals surface area (Å²) in [7, 11) is 2.06. The highest BCUT2D eigenvalue weighted by atomic mass is 16.6. The molecular weight excluding hydrogens is 378 g/mol. The molecule has 6 heteroatoms. The zero-order valence-corrected chi connectivity index (χ0v) is 19.6. The Morgan fingerprint density at radius 3 is 2.27 bits per heavy atom. The second-order valence-electron chi connectivity index (χ2n) is 9.49. The fourth-order valence-corrected chi connectivity index (χ4v) is 3.73. The molecule has 30 heavy (non-hydrogen) atoms. The van der Waals surface area contributed by atoms with Crippen LogP contribution in [0.15, 0.2) is 36.0 Å². The minimum absolute atomic E-state index is 0.189. The molecule has 0 saturated carbocycles. The van der Waals surface area contributed by atoms with Gasteiger partial charge in [0.05, 0.1) is 0 Å². The molecule has 2 amide bonds. The second-order valence-corrected chi connectivity index (χ2v) is 9.49. The Morgan fingerprint density at radius 1 is 1.03 bits per heavy atom. The molecular formula is C24H39N3O3. The summed E-state index contributed by atoms with van der Waals surface area (Å²) in [4.78, 5) is 28.8. The molecule has 3 aliphatic rings. The summed E-state index contributed by atoms with van der Waals surface area (Å²) in [6, 6.07) is 0. The molecule has 2 aliphatic heterocycles. The van der Waals surface area contributed by atoms with Crippen LogP contribution in [0.4, 0.5) is 4.79 Å². The van der Waals surface area contributed by atoms with Crippen molar-refractivity contribution < 1.29 is 14.3 Å². The molecule has 6 nitrogen and oxygen atoms in total. The Kier molecular flexibility index (Phi) is 8.71. The van der Waals surface area contributed by atoms with Gasteiger partial charge < -0.3 is 19.4 Å². The van der Waals surface area contributed by atoms with E-state index in [4.69, 9.17) is 4.74 Å². The Labute approximate surface area is 182 Å². The average Bonchev–Trinajstić information content (AvgIpc) is 3.05. The summed E-state index contributed by atoms with van der Waals surface area (Å²) in [6.45, 7) is 14.7. The van der Waals surface area contributed by atoms with Crippen LogP contribution in [0.1, 0.15) is 41.0 Å². The molecule has 0 bridgehead atoms. The molecule has 2 fully saturated rings. The predicted octanol–water partition coefficient (Wildman–Crippen LogP) is 3.71. The highest BCUT2D eigenvalue weighted by molar-refractivity contribution is 5.73. The third-order valence-electron chi connectivity index (χ3n) is 5.53. The number of likely N-dealkylation sites (N-methyl/N-ethyl adjacent to an activating group) is 1. The van der Waals surface area contributed by atoms with Gasteiger partial charge in [-0.15, -0.1) is 0 Å². The monoisotopic (exact) mass is 417 g/mol. The number of amides is 2. The largest absolute Gasteiger partial charge is 0.444 e. The lowest BCUT2D eigenvalue weighted by molar-refractivity contribution is -0.127. The molecule has 2 atom stereocenters. The van der Waals surface area contributed by atoms with E-state index in [9.17, 15) is 9.59 Å². The number of hydrogen-bond acceptors (Lipinski definition) is 4. The number of likely N-dealkylation sites (tertiary alicyclic amines) is 1. The lowest BCUT2D eigenvalue weighted by Gasteiger charge is -2.33. The fraction of sp³-hybridized carbons (Fsp3) is 0.667. The Balaban J connectivity index is 0.000000216. The summed E-state index contributed by atoms with van der Waals surface area (Å²) in [5, 5.41) is 0. The number of piperazine rings is 1. The van der Waals surface area contributed by atoms with E-state index in [0.717, 1.165) is 45.7 Å². The summed E-state index contributed by atoms with van der Waals surface area (Å²) in [5.74, 6) is 1.23. The van der Waals surface area contributed by atoms with Crippen molar-refractivity contribution in [3.63, 3.8) is 0 Å². The smallest absolute Gasteiger partial charge is 0.410 e. The SMILES string of the molecule is CC(=O)N1CCC(C2=CC(C)C=CC=C2)C1.CN1CCN(C(=O)OC(C)(C)C)CC1. The Morgan fingerprint density at radius 2 is 1.70 bits per heavy atom. The number of rotatable bonds is 1. The zero-order chi connectivity index (χ0) is 22.3. The molecule has 0 N–H and O–H groups in total. The molecule has 0 radical (unpaired) electrons. The van der Waals surface area contributed by atoms with E-state index in [-0.39, 0.29) is 17.6 Å². The van der Waals surface area contributed by atoms with Crippen molar-refractivity contribution >= 4 is 12.0 Å². The van der Waals surface area contributed by atoms with Gasteiger partial charge >= 0.3 is 6.09 Å². The van der Waals surface area contributed by atoms with Crippen LogP contribution in [-0.4, -0.2) is 78.6 Å². The van der Waals surface area contributed by atoms with E-state index < -0.39 is 0 Å². The Hall–Kier alpha value is -2.08. The minimum Gasteiger partial charge on any atom is -0.444 e. The van der Waals surface area contributed by atoms with E-state index in [1.165, 1.54) is 5.57 Å². The van der Waals surface area contributed by atoms with Crippen LogP contribution in [0, 0.1) is 11.8 Å². The number of hydrogen-bond donors (Lipinski definition) is 0. The van der Waals surface area contributed by atoms with Crippen molar-refractivity contribution in [2.24, 2.45) is 11.8 Å². The summed E-state index contributed by atoms with van der Waals surface area (Å²) in [5.41, 5.74) is 1.00. The first-order valence-electron chi connectivity index (χ1n) is 11.0. The second kappa shape index (κ2) is 10.8. The predicted molar refractivity (Wildman–Crippen MR) is 121 cm³/mol. The van der Waals surface area contributed by atoms with Crippen molar-refractivity contribution in [1.82, 2.24) is 14.7 Å². The van der Waals surface area contributed by atoms with E-state index in [0.29, 0.717) is 11.8 Å². The molecule has 0 aromatic heterocycles. The van der Waals surface area contributed by atoms with Gasteiger partial charge in [-0.05, 0) is 45.7 Å². The normalized spacial score (nSPS) is 24.7. The van der Waals surface area contributed by atoms with Crippen LogP contribution in [0.2, 0.25) is 0 Å². The van der Waals surface area contributed by atoms with Crippen molar-refractivity contribution in [1.29, 1.82) is 0 Å². The van der Waals surface area contributed by atoms with Crippen LogP contribution in [0.5, 0.6) is 0 Å². The fourth-order valence-electron chi connectivity index (χ4n) is 3.73. The van der Waals surface area contributed by atoms with Crippen molar-refractivity contribution in [3.8, 4) is 0 Å². The first-order chi connectivity index (χ1) is 14.0. The van der Waals surface area contributed by atoms with E-state index in [1.54, 1.807) is 11.8 Å². The van der Waals surface area contributed by atoms with Gasteiger partial charge in [0.2, 0.25) is 5.91 Å². The minimum atomic E-state index is -0.388. The van der Waals surface area contributed by atoms with E-state index >= 15 is 0 Å². The van der Waals surface area contributed by atoms with Crippen LogP contribution < -0.4 is 0 Å². The van der Waals surface area contributed by atoms with Gasteiger partial charge in [0.1, 0.15) is 5.60 Å². The maximum atomic E-state index is 11.6. The van der Waals surface area contributed by atoms with Gasteiger partial charge in [0.15, 0.2) is 0 Å². The molecule has 168 valence electrons. The van der Waals surface area contributed by atoms with Gasteiger partial charge in [-0.2, -0.15) is 0 Å². The first kappa shape index (κ1) is 24.2. The lowest BCUT2D eigenvalue weighted by atomic mass is 9.95. The number of allylic oxidation sites excluding steroid dienone is 5. The third-order valence-corrected chi connectivity index (χ3v) is 5.53. The molecule has 0 spiro atoms. The molecule has 0 aromatic carbocycles. The molecule has 0 aromatic rings. The molecule has 2 unspecified atom stereocenters. The van der Waals surface area contributed by atoms with Crippen molar-refractivity contribution in [2.75, 3.05) is 46.3 Å². The molecule has 2 heterocycles. The van der Waals surface area contributed by atoms with Crippen LogP contribution >= 0.6 is 0 Å². The van der Waals surface area contributed by atoms with Crippen LogP contribution in [0.3, 0.4) is 0 Å². The molecule has 2 saturated heterocycles. The number of nitrogens with zero attached hydrogens (tertiary/aromatic N) is 3. The van der Waals surface area contributed by atoms with Gasteiger partial charge in [-0.25, -0.2) is 4.79 Å². The topological polar surface area (TPSA) is 53.1 Å². The number of carbonyl (C=O) groups is 2. The summed E-state index contributed by atoms with van der Waals surface area (Å²) in [6.07, 6.45) is 11.8. The van der Waals surface area contributed by atoms with Crippen LogP contribution in [-0.2, 0) is 9.53 Å². The van der Waals surface area contributed by atoms with Gasteiger partial charge in [0.25, 0.3) is 0 Å². The van der Waals surface area contributed by atoms with E-state index in [1.807, 2.05) is 25.7 Å². The van der Waals surface area contributed by atoms with Gasteiger partial charge in [0, 0.05) is 52.1 Å². The lowest BCUT2D eigenvalue weighted by Crippen LogP contribution is -2.48. The van der Waals surface area contributed by atoms with Crippen molar-refractivity contribution in [3.05, 3.63) is 36.0 Å². The summed E-state index contributed by atoms with van der Waals surface area (Å²) >= 11 is 0. The standard InChI is InChI=1S/C14H19NO.C10H20N2O2/c1-11-5-3-4-6-13(9-11)14-7-8-15(10-14)12(2)16;1-10(2,3)14-9(13)12-7-5-11(4)6-8-12/h3-6,9,11,14H,7-8,10H2,1-2H3;5-8H2,1-4H3. The summed E-state index contributed by atoms with van der Waals surface area (Å²) < 4.78 is 5.28. The third kappa shape index (κ3) is 7.98. The van der Waals surface area contributed by atoms with Crippen molar-refractivity contribution in [2.45, 2.75) is 46.6 Å². The Bertz CT molecular complexity index is 682.